The first kappa shape index (κ1) is 16.9. The lowest BCUT2D eigenvalue weighted by molar-refractivity contribution is 0.102. The van der Waals surface area contributed by atoms with Crippen LogP contribution < -0.4 is 10.1 Å². The summed E-state index contributed by atoms with van der Waals surface area (Å²) in [5, 5.41) is 3.40. The SMILES string of the molecule is CCC(C)(C)Oc1cnc(C(C)C)nc1CNC(C)C. The summed E-state index contributed by atoms with van der Waals surface area (Å²) in [6.45, 7) is 15.5. The average Bonchev–Trinajstić information content (AvgIpc) is 2.36. The second-order valence-corrected chi connectivity index (χ2v) is 6.44. The molecule has 0 radical (unpaired) electrons. The molecule has 4 nitrogen and oxygen atoms in total. The van der Waals surface area contributed by atoms with Crippen molar-refractivity contribution in [3.05, 3.63) is 17.7 Å². The molecule has 1 aromatic heterocycles. The number of aromatic nitrogens is 2. The summed E-state index contributed by atoms with van der Waals surface area (Å²) in [5.74, 6) is 1.97. The van der Waals surface area contributed by atoms with Gasteiger partial charge < -0.3 is 10.1 Å². The van der Waals surface area contributed by atoms with Crippen molar-refractivity contribution in [1.82, 2.24) is 15.3 Å². The lowest BCUT2D eigenvalue weighted by atomic mass is 10.1. The number of rotatable bonds is 7. The van der Waals surface area contributed by atoms with Crippen LogP contribution in [0.15, 0.2) is 6.20 Å². The molecular weight excluding hydrogens is 250 g/mol. The summed E-state index contributed by atoms with van der Waals surface area (Å²) in [4.78, 5) is 9.08. The van der Waals surface area contributed by atoms with Crippen LogP contribution in [0.4, 0.5) is 0 Å². The fourth-order valence-electron chi connectivity index (χ4n) is 1.58. The molecule has 0 amide bonds. The molecule has 1 heterocycles. The van der Waals surface area contributed by atoms with E-state index in [1.807, 2.05) is 6.20 Å². The highest BCUT2D eigenvalue weighted by Gasteiger charge is 2.20. The van der Waals surface area contributed by atoms with Crippen molar-refractivity contribution in [1.29, 1.82) is 0 Å². The van der Waals surface area contributed by atoms with E-state index < -0.39 is 0 Å². The summed E-state index contributed by atoms with van der Waals surface area (Å²) in [7, 11) is 0. The van der Waals surface area contributed by atoms with Gasteiger partial charge in [0.25, 0.3) is 0 Å². The molecular formula is C16H29N3O. The number of nitrogens with zero attached hydrogens (tertiary/aromatic N) is 2. The Morgan fingerprint density at radius 3 is 2.40 bits per heavy atom. The van der Waals surface area contributed by atoms with Crippen molar-refractivity contribution >= 4 is 0 Å². The lowest BCUT2D eigenvalue weighted by Crippen LogP contribution is -2.29. The van der Waals surface area contributed by atoms with Crippen LogP contribution in [0.25, 0.3) is 0 Å². The number of nitrogens with one attached hydrogen (secondary N) is 1. The zero-order valence-electron chi connectivity index (χ0n) is 13.9. The highest BCUT2D eigenvalue weighted by molar-refractivity contribution is 5.26. The van der Waals surface area contributed by atoms with Crippen molar-refractivity contribution < 1.29 is 4.74 Å². The maximum absolute atomic E-state index is 6.08. The molecule has 0 saturated heterocycles. The Morgan fingerprint density at radius 2 is 1.90 bits per heavy atom. The standard InChI is InChI=1S/C16H29N3O/c1-8-16(6,7)20-14-10-18-15(11(2)3)19-13(14)9-17-12(4)5/h10-12,17H,8-9H2,1-7H3. The molecule has 0 atom stereocenters. The van der Waals surface area contributed by atoms with Crippen molar-refractivity contribution in [2.24, 2.45) is 0 Å². The smallest absolute Gasteiger partial charge is 0.161 e. The number of ether oxygens (including phenoxy) is 1. The highest BCUT2D eigenvalue weighted by Crippen LogP contribution is 2.24. The molecule has 4 heteroatoms. The Bertz CT molecular complexity index is 428. The molecule has 0 aliphatic heterocycles. The second-order valence-electron chi connectivity index (χ2n) is 6.44. The zero-order valence-corrected chi connectivity index (χ0v) is 13.9. The summed E-state index contributed by atoms with van der Waals surface area (Å²) >= 11 is 0. The molecule has 1 N–H and O–H groups in total. The summed E-state index contributed by atoms with van der Waals surface area (Å²) < 4.78 is 6.08. The van der Waals surface area contributed by atoms with Gasteiger partial charge in [-0.05, 0) is 20.3 Å². The molecule has 1 aromatic rings. The fourth-order valence-corrected chi connectivity index (χ4v) is 1.58. The fraction of sp³-hybridized carbons (Fsp3) is 0.750. The molecule has 1 rings (SSSR count). The van der Waals surface area contributed by atoms with Gasteiger partial charge in [0.1, 0.15) is 11.4 Å². The molecule has 0 aliphatic carbocycles. The predicted molar refractivity (Wildman–Crippen MR) is 83.1 cm³/mol. The molecule has 0 aromatic carbocycles. The second kappa shape index (κ2) is 7.02. The average molecular weight is 279 g/mol. The van der Waals surface area contributed by atoms with Gasteiger partial charge in [-0.15, -0.1) is 0 Å². The zero-order chi connectivity index (χ0) is 15.3. The first-order valence-electron chi connectivity index (χ1n) is 7.53. The first-order valence-corrected chi connectivity index (χ1v) is 7.53. The molecule has 0 aliphatic rings. The molecule has 0 saturated carbocycles. The highest BCUT2D eigenvalue weighted by atomic mass is 16.5. The van der Waals surface area contributed by atoms with Gasteiger partial charge in [0.05, 0.1) is 11.9 Å². The van der Waals surface area contributed by atoms with Gasteiger partial charge in [-0.3, -0.25) is 0 Å². The molecule has 0 bridgehead atoms. The molecule has 0 fully saturated rings. The Hall–Kier alpha value is -1.16. The van der Waals surface area contributed by atoms with E-state index in [0.717, 1.165) is 23.7 Å². The van der Waals surface area contributed by atoms with Gasteiger partial charge in [0.15, 0.2) is 5.75 Å². The van der Waals surface area contributed by atoms with E-state index in [1.165, 1.54) is 0 Å². The summed E-state index contributed by atoms with van der Waals surface area (Å²) in [6.07, 6.45) is 2.76. The third-order valence-corrected chi connectivity index (χ3v) is 3.28. The maximum Gasteiger partial charge on any atom is 0.161 e. The Balaban J connectivity index is 3.02. The van der Waals surface area contributed by atoms with E-state index in [4.69, 9.17) is 4.74 Å². The van der Waals surface area contributed by atoms with Gasteiger partial charge in [0.2, 0.25) is 0 Å². The number of hydrogen-bond donors (Lipinski definition) is 1. The summed E-state index contributed by atoms with van der Waals surface area (Å²) in [5.41, 5.74) is 0.744. The minimum atomic E-state index is -0.199. The number of hydrogen-bond acceptors (Lipinski definition) is 4. The molecule has 0 unspecified atom stereocenters. The van der Waals surface area contributed by atoms with Crippen LogP contribution in [0, 0.1) is 0 Å². The Labute approximate surface area is 123 Å². The van der Waals surface area contributed by atoms with Crippen LogP contribution in [0.1, 0.15) is 72.3 Å². The van der Waals surface area contributed by atoms with E-state index in [2.05, 4.69) is 63.8 Å². The molecule has 0 spiro atoms. The van der Waals surface area contributed by atoms with Crippen LogP contribution in [0.2, 0.25) is 0 Å². The summed E-state index contributed by atoms with van der Waals surface area (Å²) in [6, 6.07) is 0.416. The minimum absolute atomic E-state index is 0.199. The van der Waals surface area contributed by atoms with E-state index in [0.29, 0.717) is 18.5 Å². The van der Waals surface area contributed by atoms with Crippen molar-refractivity contribution in [2.45, 2.75) is 79.0 Å². The van der Waals surface area contributed by atoms with Gasteiger partial charge in [-0.25, -0.2) is 9.97 Å². The van der Waals surface area contributed by atoms with Crippen LogP contribution >= 0.6 is 0 Å². The maximum atomic E-state index is 6.08. The van der Waals surface area contributed by atoms with Crippen molar-refractivity contribution in [2.75, 3.05) is 0 Å². The molecule has 20 heavy (non-hydrogen) atoms. The van der Waals surface area contributed by atoms with E-state index in [1.54, 1.807) is 0 Å². The molecule has 114 valence electrons. The van der Waals surface area contributed by atoms with Gasteiger partial charge in [0, 0.05) is 18.5 Å². The van der Waals surface area contributed by atoms with E-state index in [-0.39, 0.29) is 5.60 Å². The first-order chi connectivity index (χ1) is 9.25. The quantitative estimate of drug-likeness (QED) is 0.827. The van der Waals surface area contributed by atoms with Crippen molar-refractivity contribution in [3.63, 3.8) is 0 Å². The Morgan fingerprint density at radius 1 is 1.25 bits per heavy atom. The minimum Gasteiger partial charge on any atom is -0.484 e. The van der Waals surface area contributed by atoms with Crippen LogP contribution in [0.3, 0.4) is 0 Å². The van der Waals surface area contributed by atoms with Crippen LogP contribution in [-0.2, 0) is 6.54 Å². The Kier molecular flexibility index (Phi) is 5.93. The normalized spacial score (nSPS) is 12.2. The van der Waals surface area contributed by atoms with Crippen LogP contribution in [-0.4, -0.2) is 21.6 Å². The van der Waals surface area contributed by atoms with Crippen molar-refractivity contribution in [3.8, 4) is 5.75 Å². The monoisotopic (exact) mass is 279 g/mol. The van der Waals surface area contributed by atoms with Gasteiger partial charge >= 0.3 is 0 Å². The van der Waals surface area contributed by atoms with Gasteiger partial charge in [-0.2, -0.15) is 0 Å². The lowest BCUT2D eigenvalue weighted by Gasteiger charge is -2.26. The van der Waals surface area contributed by atoms with Crippen LogP contribution in [0.5, 0.6) is 5.75 Å². The van der Waals surface area contributed by atoms with E-state index >= 15 is 0 Å². The van der Waals surface area contributed by atoms with E-state index in [9.17, 15) is 0 Å². The largest absolute Gasteiger partial charge is 0.484 e. The third-order valence-electron chi connectivity index (χ3n) is 3.28. The predicted octanol–water partition coefficient (Wildman–Crippen LogP) is 3.67. The third kappa shape index (κ3) is 5.08. The van der Waals surface area contributed by atoms with Gasteiger partial charge in [-0.1, -0.05) is 34.6 Å². The topological polar surface area (TPSA) is 47.0 Å².